The number of hydrogen-bond acceptors (Lipinski definition) is 4. The average molecular weight is 237 g/mol. The van der Waals surface area contributed by atoms with Gasteiger partial charge in [0.25, 0.3) is 5.91 Å². The Balaban J connectivity index is 2.18. The summed E-state index contributed by atoms with van der Waals surface area (Å²) in [5, 5.41) is 2.74. The molecule has 4 nitrogen and oxygen atoms in total. The molecule has 0 aliphatic carbocycles. The summed E-state index contributed by atoms with van der Waals surface area (Å²) < 4.78 is 4.94. The van der Waals surface area contributed by atoms with Gasteiger partial charge in [0.1, 0.15) is 0 Å². The molecule has 2 rings (SSSR count). The first-order chi connectivity index (χ1) is 7.66. The molecule has 0 saturated heterocycles. The Labute approximate surface area is 97.4 Å². The van der Waals surface area contributed by atoms with Crippen LogP contribution in [0.25, 0.3) is 0 Å². The monoisotopic (exact) mass is 237 g/mol. The fourth-order valence-corrected chi connectivity index (χ4v) is 2.44. The Hall–Kier alpha value is -1.49. The number of carbonyl (C=O) groups excluding carboxylic acids is 2. The summed E-state index contributed by atoms with van der Waals surface area (Å²) in [4.78, 5) is 23.5. The molecule has 1 N–H and O–H groups in total. The van der Waals surface area contributed by atoms with E-state index < -0.39 is 12.1 Å². The van der Waals surface area contributed by atoms with Crippen molar-refractivity contribution < 1.29 is 14.3 Å². The fourth-order valence-electron chi connectivity index (χ4n) is 1.44. The molecule has 0 saturated carbocycles. The minimum Gasteiger partial charge on any atom is -0.452 e. The number of para-hydroxylation sites is 1. The van der Waals surface area contributed by atoms with Gasteiger partial charge in [-0.2, -0.15) is 0 Å². The first kappa shape index (κ1) is 11.0. The number of anilines is 1. The molecule has 0 fully saturated rings. The molecule has 0 aromatic heterocycles. The van der Waals surface area contributed by atoms with Crippen LogP contribution in [0, 0.1) is 0 Å². The van der Waals surface area contributed by atoms with Gasteiger partial charge in [0.15, 0.2) is 6.10 Å². The second-order valence-corrected chi connectivity index (χ2v) is 4.46. The lowest BCUT2D eigenvalue weighted by atomic mass is 10.3. The van der Waals surface area contributed by atoms with E-state index in [2.05, 4.69) is 5.32 Å². The molecular formula is C11H11NO3S. The molecule has 1 unspecified atom stereocenters. The molecule has 5 heteroatoms. The number of hydrogen-bond donors (Lipinski definition) is 1. The lowest BCUT2D eigenvalue weighted by molar-refractivity contribution is -0.150. The standard InChI is InChI=1S/C11H11NO3S/c1-7(13)15-9-6-16-10-5-3-2-4-8(10)12-11(9)14/h2-5,9H,6H2,1H3,(H,12,14). The van der Waals surface area contributed by atoms with E-state index in [4.69, 9.17) is 4.74 Å². The van der Waals surface area contributed by atoms with Crippen molar-refractivity contribution in [2.24, 2.45) is 0 Å². The summed E-state index contributed by atoms with van der Waals surface area (Å²) in [6.45, 7) is 1.30. The van der Waals surface area contributed by atoms with Gasteiger partial charge in [0.05, 0.1) is 5.69 Å². The molecule has 1 amide bonds. The Kier molecular flexibility index (Phi) is 3.14. The van der Waals surface area contributed by atoms with Crippen LogP contribution >= 0.6 is 11.8 Å². The highest BCUT2D eigenvalue weighted by Gasteiger charge is 2.26. The molecule has 16 heavy (non-hydrogen) atoms. The van der Waals surface area contributed by atoms with E-state index in [1.54, 1.807) is 0 Å². The smallest absolute Gasteiger partial charge is 0.303 e. The third kappa shape index (κ3) is 2.36. The zero-order chi connectivity index (χ0) is 11.5. The number of thioether (sulfide) groups is 1. The van der Waals surface area contributed by atoms with Crippen molar-refractivity contribution in [1.29, 1.82) is 0 Å². The normalized spacial score (nSPS) is 19.3. The van der Waals surface area contributed by atoms with E-state index in [-0.39, 0.29) is 5.91 Å². The SMILES string of the molecule is CC(=O)OC1CSc2ccccc2NC1=O. The molecule has 1 aliphatic heterocycles. The Morgan fingerprint density at radius 1 is 1.50 bits per heavy atom. The molecule has 1 atom stereocenters. The lowest BCUT2D eigenvalue weighted by Crippen LogP contribution is -2.32. The van der Waals surface area contributed by atoms with Crippen molar-refractivity contribution in [1.82, 2.24) is 0 Å². The Morgan fingerprint density at radius 2 is 2.25 bits per heavy atom. The maximum Gasteiger partial charge on any atom is 0.303 e. The number of nitrogens with one attached hydrogen (secondary N) is 1. The molecule has 84 valence electrons. The van der Waals surface area contributed by atoms with E-state index in [1.807, 2.05) is 24.3 Å². The molecule has 1 aromatic rings. The predicted molar refractivity (Wildman–Crippen MR) is 61.3 cm³/mol. The first-order valence-corrected chi connectivity index (χ1v) is 5.85. The van der Waals surface area contributed by atoms with Crippen molar-refractivity contribution in [3.05, 3.63) is 24.3 Å². The van der Waals surface area contributed by atoms with Gasteiger partial charge in [0, 0.05) is 17.6 Å². The largest absolute Gasteiger partial charge is 0.452 e. The quantitative estimate of drug-likeness (QED) is 0.755. The molecule has 1 aliphatic rings. The third-order valence-electron chi connectivity index (χ3n) is 2.14. The van der Waals surface area contributed by atoms with Crippen molar-refractivity contribution in [3.63, 3.8) is 0 Å². The van der Waals surface area contributed by atoms with Crippen LogP contribution in [-0.4, -0.2) is 23.7 Å². The molecule has 1 aromatic carbocycles. The van der Waals surface area contributed by atoms with Crippen LogP contribution in [0.1, 0.15) is 6.92 Å². The van der Waals surface area contributed by atoms with Crippen molar-refractivity contribution in [2.45, 2.75) is 17.9 Å². The third-order valence-corrected chi connectivity index (χ3v) is 3.27. The van der Waals surface area contributed by atoms with Crippen molar-refractivity contribution >= 4 is 29.3 Å². The number of rotatable bonds is 1. The average Bonchev–Trinajstić information content (AvgIpc) is 2.39. The summed E-state index contributed by atoms with van der Waals surface area (Å²) in [5.41, 5.74) is 0.771. The van der Waals surface area contributed by atoms with E-state index in [9.17, 15) is 9.59 Å². The van der Waals surface area contributed by atoms with E-state index in [0.29, 0.717) is 5.75 Å². The van der Waals surface area contributed by atoms with Gasteiger partial charge in [-0.05, 0) is 12.1 Å². The van der Waals surface area contributed by atoms with Crippen molar-refractivity contribution in [3.8, 4) is 0 Å². The van der Waals surface area contributed by atoms with Crippen LogP contribution in [0.5, 0.6) is 0 Å². The van der Waals surface area contributed by atoms with Crippen LogP contribution < -0.4 is 5.32 Å². The topological polar surface area (TPSA) is 55.4 Å². The maximum absolute atomic E-state index is 11.7. The highest BCUT2D eigenvalue weighted by molar-refractivity contribution is 7.99. The minimum absolute atomic E-state index is 0.271. The van der Waals surface area contributed by atoms with Crippen molar-refractivity contribution in [2.75, 3.05) is 11.1 Å². The lowest BCUT2D eigenvalue weighted by Gasteiger charge is -2.12. The molecule has 0 bridgehead atoms. The minimum atomic E-state index is -0.713. The molecule has 1 heterocycles. The van der Waals surface area contributed by atoms with E-state index in [1.165, 1.54) is 18.7 Å². The fraction of sp³-hybridized carbons (Fsp3) is 0.273. The van der Waals surface area contributed by atoms with Gasteiger partial charge < -0.3 is 10.1 Å². The number of ether oxygens (including phenoxy) is 1. The number of amides is 1. The van der Waals surface area contributed by atoms with Gasteiger partial charge in [-0.25, -0.2) is 0 Å². The molecule has 0 radical (unpaired) electrons. The Bertz CT molecular complexity index is 433. The number of esters is 1. The number of carbonyl (C=O) groups is 2. The van der Waals surface area contributed by atoms with Gasteiger partial charge >= 0.3 is 5.97 Å². The second kappa shape index (κ2) is 4.57. The summed E-state index contributed by atoms with van der Waals surface area (Å²) >= 11 is 1.50. The summed E-state index contributed by atoms with van der Waals surface area (Å²) in [7, 11) is 0. The predicted octanol–water partition coefficient (Wildman–Crippen LogP) is 1.66. The van der Waals surface area contributed by atoms with E-state index >= 15 is 0 Å². The van der Waals surface area contributed by atoms with Gasteiger partial charge in [-0.3, -0.25) is 9.59 Å². The molecule has 0 spiro atoms. The Morgan fingerprint density at radius 3 is 3.00 bits per heavy atom. The van der Waals surface area contributed by atoms with Crippen LogP contribution in [0.4, 0.5) is 5.69 Å². The highest BCUT2D eigenvalue weighted by Crippen LogP contribution is 2.30. The summed E-state index contributed by atoms with van der Waals surface area (Å²) in [6.07, 6.45) is -0.713. The highest BCUT2D eigenvalue weighted by atomic mass is 32.2. The van der Waals surface area contributed by atoms with Gasteiger partial charge in [-0.1, -0.05) is 12.1 Å². The summed E-state index contributed by atoms with van der Waals surface area (Å²) in [6, 6.07) is 7.52. The second-order valence-electron chi connectivity index (χ2n) is 3.39. The number of fused-ring (bicyclic) bond motifs is 1. The van der Waals surface area contributed by atoms with E-state index in [0.717, 1.165) is 10.6 Å². The van der Waals surface area contributed by atoms with Crippen LogP contribution in [0.15, 0.2) is 29.2 Å². The number of benzene rings is 1. The van der Waals surface area contributed by atoms with Crippen LogP contribution in [0.2, 0.25) is 0 Å². The van der Waals surface area contributed by atoms with Crippen LogP contribution in [0.3, 0.4) is 0 Å². The van der Waals surface area contributed by atoms with Gasteiger partial charge in [-0.15, -0.1) is 11.8 Å². The maximum atomic E-state index is 11.7. The molecular weight excluding hydrogens is 226 g/mol. The zero-order valence-corrected chi connectivity index (χ0v) is 9.54. The summed E-state index contributed by atoms with van der Waals surface area (Å²) in [5.74, 6) is -0.262. The zero-order valence-electron chi connectivity index (χ0n) is 8.73. The van der Waals surface area contributed by atoms with Gasteiger partial charge in [0.2, 0.25) is 0 Å². The first-order valence-electron chi connectivity index (χ1n) is 4.87. The van der Waals surface area contributed by atoms with Crippen LogP contribution in [-0.2, 0) is 14.3 Å².